The molecule has 0 aliphatic rings. The number of benzene rings is 1. The van der Waals surface area contributed by atoms with Crippen LogP contribution < -0.4 is 0 Å². The number of imidazole rings is 1. The van der Waals surface area contributed by atoms with Crippen LogP contribution in [0.5, 0.6) is 0 Å². The van der Waals surface area contributed by atoms with Gasteiger partial charge < -0.3 is 0 Å². The average molecular weight is 341 g/mol. The molecule has 0 spiro atoms. The van der Waals surface area contributed by atoms with Gasteiger partial charge in [-0.1, -0.05) is 23.2 Å². The number of halogens is 3. The Morgan fingerprint density at radius 1 is 1.19 bits per heavy atom. The quantitative estimate of drug-likeness (QED) is 0.590. The minimum absolute atomic E-state index is 0.284. The first-order chi connectivity index (χ1) is 9.99. The van der Waals surface area contributed by atoms with Gasteiger partial charge >= 0.3 is 0 Å². The van der Waals surface area contributed by atoms with Gasteiger partial charge in [0.25, 0.3) is 0 Å². The van der Waals surface area contributed by atoms with Crippen LogP contribution in [0.25, 0.3) is 16.9 Å². The molecular weight excluding hydrogens is 329 g/mol. The van der Waals surface area contributed by atoms with E-state index in [1.165, 1.54) is 0 Å². The highest BCUT2D eigenvalue weighted by molar-refractivity contribution is 6.34. The van der Waals surface area contributed by atoms with E-state index in [2.05, 4.69) is 9.97 Å². The molecule has 0 aliphatic heterocycles. The van der Waals surface area contributed by atoms with Crippen molar-refractivity contribution in [1.82, 2.24) is 14.5 Å². The summed E-state index contributed by atoms with van der Waals surface area (Å²) in [7, 11) is 0. The summed E-state index contributed by atoms with van der Waals surface area (Å²) >= 11 is 18.7. The molecule has 6 heteroatoms. The third-order valence-corrected chi connectivity index (χ3v) is 4.03. The highest BCUT2D eigenvalue weighted by Gasteiger charge is 2.20. The number of hydrogen-bond donors (Lipinski definition) is 0. The monoisotopic (exact) mass is 339 g/mol. The Bertz CT molecular complexity index is 824. The molecule has 0 N–H and O–H groups in total. The third-order valence-electron chi connectivity index (χ3n) is 3.28. The number of nitrogens with zero attached hydrogens (tertiary/aromatic N) is 3. The Labute approximate surface area is 137 Å². The zero-order valence-electron chi connectivity index (χ0n) is 11.4. The van der Waals surface area contributed by atoms with Crippen LogP contribution in [0, 0.1) is 6.92 Å². The lowest BCUT2D eigenvalue weighted by Gasteiger charge is -2.12. The fourth-order valence-corrected chi connectivity index (χ4v) is 2.79. The van der Waals surface area contributed by atoms with Gasteiger partial charge in [-0.05, 0) is 43.7 Å². The first-order valence-corrected chi connectivity index (χ1v) is 7.61. The van der Waals surface area contributed by atoms with Crippen LogP contribution in [-0.2, 0) is 0 Å². The van der Waals surface area contributed by atoms with E-state index in [0.717, 1.165) is 22.4 Å². The van der Waals surface area contributed by atoms with Gasteiger partial charge in [-0.25, -0.2) is 9.97 Å². The molecular formula is C15H12Cl3N3. The molecule has 1 atom stereocenters. The summed E-state index contributed by atoms with van der Waals surface area (Å²) in [5.74, 6) is 0.692. The maximum Gasteiger partial charge on any atom is 0.165 e. The normalized spacial score (nSPS) is 12.8. The van der Waals surface area contributed by atoms with Gasteiger partial charge in [-0.15, -0.1) is 11.6 Å². The number of alkyl halides is 1. The molecule has 1 unspecified atom stereocenters. The predicted octanol–water partition coefficient (Wildman–Crippen LogP) is 5.34. The van der Waals surface area contributed by atoms with Crippen LogP contribution in [0.15, 0.2) is 30.5 Å². The lowest BCUT2D eigenvalue weighted by atomic mass is 10.2. The Morgan fingerprint density at radius 3 is 2.67 bits per heavy atom. The second kappa shape index (κ2) is 5.48. The molecule has 1 aromatic carbocycles. The zero-order valence-corrected chi connectivity index (χ0v) is 13.7. The highest BCUT2D eigenvalue weighted by Crippen LogP contribution is 2.32. The molecule has 108 valence electrons. The standard InChI is InChI=1S/C15H12Cl3N3/c1-8-5-6-19-15-13(8)20-14(9(2)16)21(15)12-7-10(17)3-4-11(12)18/h3-7,9H,1-2H3. The molecule has 21 heavy (non-hydrogen) atoms. The maximum atomic E-state index is 6.33. The molecule has 0 fully saturated rings. The molecule has 2 aromatic heterocycles. The van der Waals surface area contributed by atoms with E-state index < -0.39 is 0 Å². The van der Waals surface area contributed by atoms with Gasteiger partial charge in [0.2, 0.25) is 0 Å². The fraction of sp³-hybridized carbons (Fsp3) is 0.200. The molecule has 0 aliphatic carbocycles. The Hall–Kier alpha value is -1.29. The van der Waals surface area contributed by atoms with Gasteiger partial charge in [0.15, 0.2) is 5.65 Å². The molecule has 3 nitrogen and oxygen atoms in total. The van der Waals surface area contributed by atoms with Crippen LogP contribution in [0.2, 0.25) is 10.0 Å². The minimum Gasteiger partial charge on any atom is -0.278 e. The smallest absolute Gasteiger partial charge is 0.165 e. The molecule has 0 radical (unpaired) electrons. The largest absolute Gasteiger partial charge is 0.278 e. The minimum atomic E-state index is -0.284. The second-order valence-electron chi connectivity index (χ2n) is 4.82. The molecule has 3 rings (SSSR count). The number of fused-ring (bicyclic) bond motifs is 1. The summed E-state index contributed by atoms with van der Waals surface area (Å²) in [6.45, 7) is 3.86. The summed E-state index contributed by atoms with van der Waals surface area (Å²) in [4.78, 5) is 9.06. The number of rotatable bonds is 2. The van der Waals surface area contributed by atoms with E-state index in [4.69, 9.17) is 34.8 Å². The van der Waals surface area contributed by atoms with Crippen molar-refractivity contribution in [2.45, 2.75) is 19.2 Å². The Morgan fingerprint density at radius 2 is 1.95 bits per heavy atom. The summed E-state index contributed by atoms with van der Waals surface area (Å²) < 4.78 is 1.87. The Balaban J connectivity index is 2.42. The molecule has 0 bridgehead atoms. The molecule has 0 saturated heterocycles. The van der Waals surface area contributed by atoms with Gasteiger partial charge in [0.1, 0.15) is 11.3 Å². The molecule has 2 heterocycles. The van der Waals surface area contributed by atoms with Crippen molar-refractivity contribution in [3.63, 3.8) is 0 Å². The summed E-state index contributed by atoms with van der Waals surface area (Å²) in [6.07, 6.45) is 1.75. The van der Waals surface area contributed by atoms with E-state index >= 15 is 0 Å². The number of aryl methyl sites for hydroxylation is 1. The second-order valence-corrected chi connectivity index (χ2v) is 6.32. The van der Waals surface area contributed by atoms with Crippen LogP contribution in [-0.4, -0.2) is 14.5 Å². The van der Waals surface area contributed by atoms with Crippen molar-refractivity contribution < 1.29 is 0 Å². The first-order valence-electron chi connectivity index (χ1n) is 6.42. The average Bonchev–Trinajstić information content (AvgIpc) is 2.82. The van der Waals surface area contributed by atoms with Gasteiger partial charge in [0.05, 0.1) is 16.1 Å². The predicted molar refractivity (Wildman–Crippen MR) is 87.9 cm³/mol. The van der Waals surface area contributed by atoms with Gasteiger partial charge in [0, 0.05) is 11.2 Å². The zero-order chi connectivity index (χ0) is 15.1. The van der Waals surface area contributed by atoms with Crippen molar-refractivity contribution in [2.24, 2.45) is 0 Å². The SMILES string of the molecule is Cc1ccnc2c1nc(C(C)Cl)n2-c1cc(Cl)ccc1Cl. The van der Waals surface area contributed by atoms with Crippen molar-refractivity contribution in [3.05, 3.63) is 51.9 Å². The topological polar surface area (TPSA) is 30.7 Å². The van der Waals surface area contributed by atoms with Crippen LogP contribution in [0.1, 0.15) is 23.7 Å². The van der Waals surface area contributed by atoms with Gasteiger partial charge in [-0.3, -0.25) is 4.57 Å². The molecule has 0 saturated carbocycles. The number of pyridine rings is 1. The third kappa shape index (κ3) is 2.50. The lowest BCUT2D eigenvalue weighted by molar-refractivity contribution is 0.877. The summed E-state index contributed by atoms with van der Waals surface area (Å²) in [6, 6.07) is 7.21. The highest BCUT2D eigenvalue weighted by atomic mass is 35.5. The first kappa shape index (κ1) is 14.6. The van der Waals surface area contributed by atoms with E-state index in [1.54, 1.807) is 24.4 Å². The van der Waals surface area contributed by atoms with E-state index in [1.807, 2.05) is 24.5 Å². The maximum absolute atomic E-state index is 6.33. The lowest BCUT2D eigenvalue weighted by Crippen LogP contribution is -2.03. The van der Waals surface area contributed by atoms with E-state index in [9.17, 15) is 0 Å². The number of hydrogen-bond acceptors (Lipinski definition) is 2. The van der Waals surface area contributed by atoms with Crippen molar-refractivity contribution in [2.75, 3.05) is 0 Å². The number of aromatic nitrogens is 3. The Kier molecular flexibility index (Phi) is 3.82. The summed E-state index contributed by atoms with van der Waals surface area (Å²) in [5, 5.41) is 0.881. The van der Waals surface area contributed by atoms with Crippen molar-refractivity contribution in [3.8, 4) is 5.69 Å². The van der Waals surface area contributed by atoms with Gasteiger partial charge in [-0.2, -0.15) is 0 Å². The summed E-state index contributed by atoms with van der Waals surface area (Å²) in [5.41, 5.74) is 3.31. The van der Waals surface area contributed by atoms with E-state index in [0.29, 0.717) is 15.9 Å². The fourth-order valence-electron chi connectivity index (χ4n) is 2.27. The van der Waals surface area contributed by atoms with Crippen LogP contribution in [0.3, 0.4) is 0 Å². The van der Waals surface area contributed by atoms with E-state index in [-0.39, 0.29) is 5.38 Å². The molecule has 3 aromatic rings. The molecule has 0 amide bonds. The van der Waals surface area contributed by atoms with Crippen molar-refractivity contribution >= 4 is 46.0 Å². The van der Waals surface area contributed by atoms with Crippen LogP contribution in [0.4, 0.5) is 0 Å². The van der Waals surface area contributed by atoms with Crippen LogP contribution >= 0.6 is 34.8 Å². The van der Waals surface area contributed by atoms with Crippen molar-refractivity contribution in [1.29, 1.82) is 0 Å².